The Bertz CT molecular complexity index is 1370. The van der Waals surface area contributed by atoms with Crippen LogP contribution in [0.3, 0.4) is 0 Å². The van der Waals surface area contributed by atoms with Gasteiger partial charge in [-0.15, -0.1) is 15.3 Å². The van der Waals surface area contributed by atoms with Gasteiger partial charge in [0.05, 0.1) is 20.0 Å². The molecule has 0 aliphatic carbocycles. The van der Waals surface area contributed by atoms with Crippen LogP contribution in [0.15, 0.2) is 51.6 Å². The molecule has 0 atom stereocenters. The maximum Gasteiger partial charge on any atom is 0.297 e. The molecule has 0 aliphatic rings. The monoisotopic (exact) mass is 483 g/mol. The van der Waals surface area contributed by atoms with E-state index in [4.69, 9.17) is 9.47 Å². The zero-order valence-corrected chi connectivity index (χ0v) is 19.8. The van der Waals surface area contributed by atoms with Crippen molar-refractivity contribution in [3.63, 3.8) is 0 Å². The number of aryl methyl sites for hydroxylation is 1. The summed E-state index contributed by atoms with van der Waals surface area (Å²) in [4.78, 5) is 25.6. The normalized spacial score (nSPS) is 10.9. The average molecular weight is 484 g/mol. The zero-order chi connectivity index (χ0) is 23.4. The van der Waals surface area contributed by atoms with E-state index in [0.717, 1.165) is 16.8 Å². The van der Waals surface area contributed by atoms with Crippen molar-refractivity contribution in [1.82, 2.24) is 19.8 Å². The van der Waals surface area contributed by atoms with Gasteiger partial charge in [0.1, 0.15) is 5.69 Å². The second kappa shape index (κ2) is 10.0. The highest BCUT2D eigenvalue weighted by Gasteiger charge is 2.15. The van der Waals surface area contributed by atoms with E-state index in [1.807, 2.05) is 37.3 Å². The predicted octanol–water partition coefficient (Wildman–Crippen LogP) is 3.19. The Morgan fingerprint density at radius 2 is 1.91 bits per heavy atom. The van der Waals surface area contributed by atoms with Crippen LogP contribution in [-0.2, 0) is 11.2 Å². The molecule has 2 aromatic carbocycles. The highest BCUT2D eigenvalue weighted by molar-refractivity contribution is 8.01. The number of thioether (sulfide) groups is 1. The van der Waals surface area contributed by atoms with E-state index in [2.05, 4.69) is 20.6 Å². The van der Waals surface area contributed by atoms with Crippen LogP contribution in [-0.4, -0.2) is 45.7 Å². The fourth-order valence-electron chi connectivity index (χ4n) is 3.11. The fraction of sp³-hybridized carbons (Fsp3) is 0.227. The summed E-state index contributed by atoms with van der Waals surface area (Å²) in [6, 6.07) is 13.0. The minimum absolute atomic E-state index is 0.152. The van der Waals surface area contributed by atoms with Crippen LogP contribution in [0.5, 0.6) is 11.5 Å². The quantitative estimate of drug-likeness (QED) is 0.381. The Morgan fingerprint density at radius 1 is 1.12 bits per heavy atom. The molecule has 0 radical (unpaired) electrons. The molecule has 4 rings (SSSR count). The van der Waals surface area contributed by atoms with Gasteiger partial charge >= 0.3 is 0 Å². The Hall–Kier alpha value is -3.44. The van der Waals surface area contributed by atoms with Crippen molar-refractivity contribution < 1.29 is 14.3 Å². The highest BCUT2D eigenvalue weighted by atomic mass is 32.2. The molecule has 0 bridgehead atoms. The summed E-state index contributed by atoms with van der Waals surface area (Å²) in [5.74, 6) is 1.18. The molecule has 2 aromatic heterocycles. The third-order valence-corrected chi connectivity index (χ3v) is 6.83. The Morgan fingerprint density at radius 3 is 2.67 bits per heavy atom. The third-order valence-electron chi connectivity index (χ3n) is 4.80. The molecule has 0 saturated carbocycles. The number of ether oxygens (including phenoxy) is 2. The molecule has 0 saturated heterocycles. The van der Waals surface area contributed by atoms with Gasteiger partial charge < -0.3 is 14.8 Å². The van der Waals surface area contributed by atoms with E-state index in [1.54, 1.807) is 26.4 Å². The smallest absolute Gasteiger partial charge is 0.297 e. The lowest BCUT2D eigenvalue weighted by Gasteiger charge is -2.09. The number of carbonyl (C=O) groups excluding carboxylic acids is 1. The second-order valence-electron chi connectivity index (χ2n) is 7.03. The Kier molecular flexibility index (Phi) is 6.90. The number of benzene rings is 2. The van der Waals surface area contributed by atoms with Crippen molar-refractivity contribution in [1.29, 1.82) is 0 Å². The lowest BCUT2D eigenvalue weighted by atomic mass is 10.1. The predicted molar refractivity (Wildman–Crippen MR) is 128 cm³/mol. The van der Waals surface area contributed by atoms with Crippen LogP contribution >= 0.6 is 23.1 Å². The molecule has 11 heteroatoms. The molecule has 9 nitrogen and oxygen atoms in total. The van der Waals surface area contributed by atoms with E-state index in [0.29, 0.717) is 20.8 Å². The number of carbonyl (C=O) groups is 1. The first-order valence-electron chi connectivity index (χ1n) is 9.93. The minimum Gasteiger partial charge on any atom is -0.493 e. The van der Waals surface area contributed by atoms with Gasteiger partial charge in [0.15, 0.2) is 15.8 Å². The van der Waals surface area contributed by atoms with Gasteiger partial charge in [-0.05, 0) is 36.2 Å². The molecule has 1 N–H and O–H groups in total. The standard InChI is InChI=1S/C22H21N5O4S2/c1-13-6-4-5-7-15(13)23-19(28)12-32-22-26-27-20(29)16(24-25-21(27)33-22)10-14-8-9-17(30-2)18(11-14)31-3/h4-9,11H,10,12H2,1-3H3,(H,23,28). The van der Waals surface area contributed by atoms with Gasteiger partial charge in [-0.2, -0.15) is 4.52 Å². The topological polar surface area (TPSA) is 108 Å². The van der Waals surface area contributed by atoms with Gasteiger partial charge in [0.25, 0.3) is 5.56 Å². The van der Waals surface area contributed by atoms with Crippen LogP contribution in [0.1, 0.15) is 16.8 Å². The molecule has 4 aromatic rings. The SMILES string of the molecule is COc1ccc(Cc2nnc3sc(SCC(=O)Nc4ccccc4C)nn3c2=O)cc1OC. The molecular weight excluding hydrogens is 462 g/mol. The van der Waals surface area contributed by atoms with Crippen molar-refractivity contribution >= 4 is 39.7 Å². The molecule has 170 valence electrons. The minimum atomic E-state index is -0.345. The van der Waals surface area contributed by atoms with Crippen molar-refractivity contribution in [3.05, 3.63) is 69.6 Å². The van der Waals surface area contributed by atoms with Crippen LogP contribution in [0.2, 0.25) is 0 Å². The molecule has 1 amide bonds. The first-order valence-corrected chi connectivity index (χ1v) is 11.7. The summed E-state index contributed by atoms with van der Waals surface area (Å²) < 4.78 is 12.4. The lowest BCUT2D eigenvalue weighted by Crippen LogP contribution is -2.22. The van der Waals surface area contributed by atoms with Gasteiger partial charge in [-0.1, -0.05) is 47.4 Å². The van der Waals surface area contributed by atoms with E-state index in [-0.39, 0.29) is 29.3 Å². The van der Waals surface area contributed by atoms with E-state index in [9.17, 15) is 9.59 Å². The van der Waals surface area contributed by atoms with Crippen LogP contribution in [0, 0.1) is 6.92 Å². The van der Waals surface area contributed by atoms with Crippen LogP contribution in [0.25, 0.3) is 4.96 Å². The van der Waals surface area contributed by atoms with Gasteiger partial charge in [-0.25, -0.2) is 0 Å². The number of nitrogens with zero attached hydrogens (tertiary/aromatic N) is 4. The number of methoxy groups -OCH3 is 2. The first kappa shape index (κ1) is 22.7. The summed E-state index contributed by atoms with van der Waals surface area (Å²) in [6.07, 6.45) is 0.272. The first-order chi connectivity index (χ1) is 16.0. The fourth-order valence-corrected chi connectivity index (χ4v) is 4.78. The second-order valence-corrected chi connectivity index (χ2v) is 9.21. The van der Waals surface area contributed by atoms with Crippen LogP contribution < -0.4 is 20.3 Å². The van der Waals surface area contributed by atoms with E-state index < -0.39 is 0 Å². The number of fused-ring (bicyclic) bond motifs is 1. The average Bonchev–Trinajstić information content (AvgIpc) is 3.25. The molecule has 33 heavy (non-hydrogen) atoms. The summed E-state index contributed by atoms with van der Waals surface area (Å²) in [5, 5.41) is 15.5. The van der Waals surface area contributed by atoms with E-state index >= 15 is 0 Å². The summed E-state index contributed by atoms with van der Waals surface area (Å²) in [5.41, 5.74) is 2.51. The summed E-state index contributed by atoms with van der Waals surface area (Å²) in [7, 11) is 3.12. The number of para-hydroxylation sites is 1. The number of nitrogens with one attached hydrogen (secondary N) is 1. The summed E-state index contributed by atoms with van der Waals surface area (Å²) in [6.45, 7) is 1.93. The van der Waals surface area contributed by atoms with Gasteiger partial charge in [0, 0.05) is 12.1 Å². The molecular formula is C22H21N5O4S2. The number of anilines is 1. The third kappa shape index (κ3) is 5.15. The molecule has 0 aliphatic heterocycles. The van der Waals surface area contributed by atoms with Gasteiger partial charge in [-0.3, -0.25) is 9.59 Å². The molecule has 2 heterocycles. The van der Waals surface area contributed by atoms with Crippen molar-refractivity contribution in [2.45, 2.75) is 17.7 Å². The van der Waals surface area contributed by atoms with Crippen molar-refractivity contribution in [2.24, 2.45) is 0 Å². The van der Waals surface area contributed by atoms with Gasteiger partial charge in [0.2, 0.25) is 10.9 Å². The number of rotatable bonds is 8. The zero-order valence-electron chi connectivity index (χ0n) is 18.2. The number of amides is 1. The highest BCUT2D eigenvalue weighted by Crippen LogP contribution is 2.28. The molecule has 0 unspecified atom stereocenters. The number of aromatic nitrogens is 4. The number of hydrogen-bond acceptors (Lipinski definition) is 9. The van der Waals surface area contributed by atoms with Crippen molar-refractivity contribution in [2.75, 3.05) is 25.3 Å². The molecule has 0 spiro atoms. The van der Waals surface area contributed by atoms with Crippen molar-refractivity contribution in [3.8, 4) is 11.5 Å². The van der Waals surface area contributed by atoms with E-state index in [1.165, 1.54) is 27.6 Å². The maximum absolute atomic E-state index is 12.9. The summed E-state index contributed by atoms with van der Waals surface area (Å²) >= 11 is 2.46. The largest absolute Gasteiger partial charge is 0.493 e. The Balaban J connectivity index is 1.47. The van der Waals surface area contributed by atoms with Crippen LogP contribution in [0.4, 0.5) is 5.69 Å². The lowest BCUT2D eigenvalue weighted by molar-refractivity contribution is -0.113. The number of hydrogen-bond donors (Lipinski definition) is 1. The Labute approximate surface area is 197 Å². The molecule has 0 fully saturated rings. The maximum atomic E-state index is 12.9.